The van der Waals surface area contributed by atoms with Crippen LogP contribution in [0.1, 0.15) is 20.9 Å². The third kappa shape index (κ3) is 5.21. The molecular weight excluding hydrogens is 378 g/mol. The first-order valence-electron chi connectivity index (χ1n) is 8.29. The molecule has 0 aliphatic rings. The van der Waals surface area contributed by atoms with E-state index in [-0.39, 0.29) is 18.2 Å². The molecule has 0 spiro atoms. The molecule has 0 atom stereocenters. The Balaban J connectivity index is 1.52. The Morgan fingerprint density at radius 1 is 1.11 bits per heavy atom. The summed E-state index contributed by atoms with van der Waals surface area (Å²) in [5, 5.41) is 15.2. The van der Waals surface area contributed by atoms with Gasteiger partial charge in [0.25, 0.3) is 5.91 Å². The summed E-state index contributed by atoms with van der Waals surface area (Å²) in [6.45, 7) is 0. The summed E-state index contributed by atoms with van der Waals surface area (Å²) < 4.78 is 5.21. The SMILES string of the molecule is COc1ccccc1/C=N/NC(=O)Cc1nnc(NC(=O)c2ccccc2)s1. The summed E-state index contributed by atoms with van der Waals surface area (Å²) in [5.74, 6) is 0.0285. The molecule has 0 fully saturated rings. The van der Waals surface area contributed by atoms with Crippen molar-refractivity contribution in [1.82, 2.24) is 15.6 Å². The van der Waals surface area contributed by atoms with Crippen LogP contribution in [-0.2, 0) is 11.2 Å². The minimum absolute atomic E-state index is 0.00212. The third-order valence-electron chi connectivity index (χ3n) is 3.57. The first kappa shape index (κ1) is 19.2. The molecule has 2 aromatic carbocycles. The van der Waals surface area contributed by atoms with Crippen LogP contribution in [0.15, 0.2) is 59.7 Å². The van der Waals surface area contributed by atoms with E-state index in [0.29, 0.717) is 21.5 Å². The number of amides is 2. The molecule has 142 valence electrons. The van der Waals surface area contributed by atoms with Crippen LogP contribution in [0, 0.1) is 0 Å². The van der Waals surface area contributed by atoms with Gasteiger partial charge in [-0.3, -0.25) is 14.9 Å². The smallest absolute Gasteiger partial charge is 0.257 e. The molecular formula is C19H17N5O3S. The Morgan fingerprint density at radius 3 is 2.64 bits per heavy atom. The number of rotatable bonds is 7. The normalized spacial score (nSPS) is 10.6. The Kier molecular flexibility index (Phi) is 6.42. The maximum atomic E-state index is 12.1. The number of para-hydroxylation sites is 1. The molecule has 1 heterocycles. The molecule has 3 aromatic rings. The van der Waals surface area contributed by atoms with E-state index in [2.05, 4.69) is 26.0 Å². The van der Waals surface area contributed by atoms with Gasteiger partial charge in [-0.15, -0.1) is 10.2 Å². The summed E-state index contributed by atoms with van der Waals surface area (Å²) >= 11 is 1.13. The van der Waals surface area contributed by atoms with E-state index in [1.165, 1.54) is 6.21 Å². The zero-order valence-electron chi connectivity index (χ0n) is 15.0. The molecule has 0 radical (unpaired) electrons. The Bertz CT molecular complexity index is 988. The van der Waals surface area contributed by atoms with Crippen molar-refractivity contribution in [2.75, 3.05) is 12.4 Å². The van der Waals surface area contributed by atoms with Crippen LogP contribution in [0.4, 0.5) is 5.13 Å². The second kappa shape index (κ2) is 9.38. The minimum atomic E-state index is -0.344. The van der Waals surface area contributed by atoms with Gasteiger partial charge in [0.1, 0.15) is 10.8 Å². The van der Waals surface area contributed by atoms with E-state index in [1.54, 1.807) is 37.4 Å². The van der Waals surface area contributed by atoms with E-state index >= 15 is 0 Å². The first-order chi connectivity index (χ1) is 13.7. The van der Waals surface area contributed by atoms with E-state index in [0.717, 1.165) is 16.9 Å². The van der Waals surface area contributed by atoms with Gasteiger partial charge < -0.3 is 4.74 Å². The first-order valence-corrected chi connectivity index (χ1v) is 9.11. The topological polar surface area (TPSA) is 106 Å². The molecule has 0 saturated carbocycles. The fourth-order valence-corrected chi connectivity index (χ4v) is 2.99. The number of carbonyl (C=O) groups excluding carboxylic acids is 2. The number of anilines is 1. The third-order valence-corrected chi connectivity index (χ3v) is 4.41. The molecule has 28 heavy (non-hydrogen) atoms. The zero-order valence-corrected chi connectivity index (χ0v) is 15.8. The number of aromatic nitrogens is 2. The van der Waals surface area contributed by atoms with Crippen LogP contribution < -0.4 is 15.5 Å². The zero-order chi connectivity index (χ0) is 19.8. The van der Waals surface area contributed by atoms with E-state index < -0.39 is 0 Å². The van der Waals surface area contributed by atoms with Crippen molar-refractivity contribution in [1.29, 1.82) is 0 Å². The molecule has 2 N–H and O–H groups in total. The van der Waals surface area contributed by atoms with Gasteiger partial charge in [-0.25, -0.2) is 5.43 Å². The van der Waals surface area contributed by atoms with Crippen molar-refractivity contribution in [3.05, 3.63) is 70.7 Å². The van der Waals surface area contributed by atoms with E-state index in [4.69, 9.17) is 4.74 Å². The summed E-state index contributed by atoms with van der Waals surface area (Å²) in [6.07, 6.45) is 1.50. The lowest BCUT2D eigenvalue weighted by Gasteiger charge is -2.02. The number of nitrogens with zero attached hydrogens (tertiary/aromatic N) is 3. The van der Waals surface area contributed by atoms with Gasteiger partial charge in [0, 0.05) is 11.1 Å². The van der Waals surface area contributed by atoms with Gasteiger partial charge in [0.2, 0.25) is 11.0 Å². The highest BCUT2D eigenvalue weighted by molar-refractivity contribution is 7.15. The molecule has 0 bridgehead atoms. The monoisotopic (exact) mass is 395 g/mol. The lowest BCUT2D eigenvalue weighted by Crippen LogP contribution is -2.19. The second-order valence-electron chi connectivity index (χ2n) is 5.53. The average molecular weight is 395 g/mol. The molecule has 0 aliphatic heterocycles. The highest BCUT2D eigenvalue weighted by atomic mass is 32.1. The van der Waals surface area contributed by atoms with Crippen LogP contribution >= 0.6 is 11.3 Å². The molecule has 2 amide bonds. The summed E-state index contributed by atoms with van der Waals surface area (Å²) in [6, 6.07) is 16.1. The molecule has 0 unspecified atom stereocenters. The summed E-state index contributed by atoms with van der Waals surface area (Å²) in [5.41, 5.74) is 3.69. The van der Waals surface area contributed by atoms with Crippen molar-refractivity contribution >= 4 is 34.5 Å². The number of benzene rings is 2. The Labute approximate surface area is 165 Å². The second-order valence-corrected chi connectivity index (χ2v) is 6.60. The van der Waals surface area contributed by atoms with Gasteiger partial charge in [0.15, 0.2) is 0 Å². The van der Waals surface area contributed by atoms with Gasteiger partial charge in [-0.1, -0.05) is 41.7 Å². The van der Waals surface area contributed by atoms with E-state index in [1.807, 2.05) is 24.3 Å². The number of carbonyl (C=O) groups is 2. The highest BCUT2D eigenvalue weighted by Crippen LogP contribution is 2.17. The van der Waals surface area contributed by atoms with Gasteiger partial charge in [-0.05, 0) is 24.3 Å². The van der Waals surface area contributed by atoms with Crippen LogP contribution in [0.3, 0.4) is 0 Å². The molecule has 1 aromatic heterocycles. The Morgan fingerprint density at radius 2 is 1.86 bits per heavy atom. The van der Waals surface area contributed by atoms with Crippen LogP contribution in [0.25, 0.3) is 0 Å². The number of ether oxygens (including phenoxy) is 1. The van der Waals surface area contributed by atoms with Gasteiger partial charge in [0.05, 0.1) is 19.7 Å². The molecule has 0 saturated heterocycles. The molecule has 8 nitrogen and oxygen atoms in total. The van der Waals surface area contributed by atoms with E-state index in [9.17, 15) is 9.59 Å². The van der Waals surface area contributed by atoms with Crippen LogP contribution in [0.2, 0.25) is 0 Å². The van der Waals surface area contributed by atoms with Gasteiger partial charge in [-0.2, -0.15) is 5.10 Å². The predicted molar refractivity (Wildman–Crippen MR) is 107 cm³/mol. The highest BCUT2D eigenvalue weighted by Gasteiger charge is 2.12. The molecule has 9 heteroatoms. The fourth-order valence-electron chi connectivity index (χ4n) is 2.26. The number of nitrogens with one attached hydrogen (secondary N) is 2. The average Bonchev–Trinajstić information content (AvgIpc) is 3.15. The number of hydrogen-bond acceptors (Lipinski definition) is 7. The van der Waals surface area contributed by atoms with Crippen molar-refractivity contribution in [2.24, 2.45) is 5.10 Å². The molecule has 0 aliphatic carbocycles. The van der Waals surface area contributed by atoms with Crippen molar-refractivity contribution in [3.63, 3.8) is 0 Å². The van der Waals surface area contributed by atoms with Crippen molar-refractivity contribution in [3.8, 4) is 5.75 Å². The van der Waals surface area contributed by atoms with Crippen LogP contribution in [-0.4, -0.2) is 35.3 Å². The summed E-state index contributed by atoms with van der Waals surface area (Å²) in [4.78, 5) is 24.1. The molecule has 3 rings (SSSR count). The minimum Gasteiger partial charge on any atom is -0.496 e. The number of methoxy groups -OCH3 is 1. The Hall–Kier alpha value is -3.59. The quantitative estimate of drug-likeness (QED) is 0.472. The summed E-state index contributed by atoms with van der Waals surface area (Å²) in [7, 11) is 1.56. The standard InChI is InChI=1S/C19H17N5O3S/c1-27-15-10-6-5-9-14(15)12-20-22-16(25)11-17-23-24-19(28-17)21-18(26)13-7-3-2-4-8-13/h2-10,12H,11H2,1H3,(H,22,25)(H,21,24,26)/b20-12+. The van der Waals surface area contributed by atoms with Crippen LogP contribution in [0.5, 0.6) is 5.75 Å². The fraction of sp³-hybridized carbons (Fsp3) is 0.105. The maximum absolute atomic E-state index is 12.1. The van der Waals surface area contributed by atoms with Gasteiger partial charge >= 0.3 is 0 Å². The maximum Gasteiger partial charge on any atom is 0.257 e. The largest absolute Gasteiger partial charge is 0.496 e. The number of hydrogen-bond donors (Lipinski definition) is 2. The van der Waals surface area contributed by atoms with Crippen molar-refractivity contribution in [2.45, 2.75) is 6.42 Å². The lowest BCUT2D eigenvalue weighted by atomic mass is 10.2. The predicted octanol–water partition coefficient (Wildman–Crippen LogP) is 2.49. The van der Waals surface area contributed by atoms with Crippen molar-refractivity contribution < 1.29 is 14.3 Å². The number of hydrazone groups is 1. The lowest BCUT2D eigenvalue weighted by molar-refractivity contribution is -0.120.